The third-order valence-electron chi connectivity index (χ3n) is 3.02. The highest BCUT2D eigenvalue weighted by Gasteiger charge is 2.18. The zero-order valence-electron chi connectivity index (χ0n) is 8.87. The maximum absolute atomic E-state index is 8.55. The average molecular weight is 204 g/mol. The second-order valence-corrected chi connectivity index (χ2v) is 4.16. The van der Waals surface area contributed by atoms with E-state index in [1.165, 1.54) is 38.5 Å². The molecule has 0 atom stereocenters. The van der Waals surface area contributed by atoms with Gasteiger partial charge in [-0.05, 0) is 12.8 Å². The van der Waals surface area contributed by atoms with Gasteiger partial charge in [0.2, 0.25) is 0 Å². The molecule has 1 aliphatic carbocycles. The number of nitrogens with zero attached hydrogens (tertiary/aromatic N) is 3. The summed E-state index contributed by atoms with van der Waals surface area (Å²) in [4.78, 5) is 4.38. The van der Waals surface area contributed by atoms with Crippen LogP contribution in [0.4, 0.5) is 0 Å². The van der Waals surface area contributed by atoms with Gasteiger partial charge in [-0.2, -0.15) is 10.4 Å². The largest absolute Gasteiger partial charge is 0.262 e. The highest BCUT2D eigenvalue weighted by atomic mass is 15.2. The van der Waals surface area contributed by atoms with Crippen molar-refractivity contribution in [1.29, 1.82) is 5.26 Å². The molecule has 2 rings (SSSR count). The van der Waals surface area contributed by atoms with Crippen LogP contribution >= 0.6 is 0 Å². The fourth-order valence-electron chi connectivity index (χ4n) is 2.18. The normalized spacial score (nSPS) is 18.3. The molecule has 4 heteroatoms. The third kappa shape index (κ3) is 2.56. The van der Waals surface area contributed by atoms with Crippen LogP contribution in [0.2, 0.25) is 0 Å². The zero-order chi connectivity index (χ0) is 10.5. The van der Waals surface area contributed by atoms with Crippen molar-refractivity contribution >= 4 is 0 Å². The highest BCUT2D eigenvalue weighted by molar-refractivity contribution is 5.01. The predicted octanol–water partition coefficient (Wildman–Crippen LogP) is 2.31. The highest BCUT2D eigenvalue weighted by Crippen LogP contribution is 2.29. The van der Waals surface area contributed by atoms with Gasteiger partial charge < -0.3 is 0 Å². The Kier molecular flexibility index (Phi) is 3.33. The molecule has 0 radical (unpaired) electrons. The van der Waals surface area contributed by atoms with Crippen LogP contribution in [0.3, 0.4) is 0 Å². The van der Waals surface area contributed by atoms with Crippen molar-refractivity contribution in [3.05, 3.63) is 11.6 Å². The van der Waals surface area contributed by atoms with Crippen LogP contribution in [-0.2, 0) is 6.42 Å². The molecule has 4 nitrogen and oxygen atoms in total. The van der Waals surface area contributed by atoms with E-state index >= 15 is 0 Å². The van der Waals surface area contributed by atoms with E-state index in [2.05, 4.69) is 21.3 Å². The lowest BCUT2D eigenvalue weighted by Gasteiger charge is -2.08. The molecule has 0 aliphatic heterocycles. The van der Waals surface area contributed by atoms with Crippen LogP contribution in [0.15, 0.2) is 0 Å². The second-order valence-electron chi connectivity index (χ2n) is 4.16. The summed E-state index contributed by atoms with van der Waals surface area (Å²) in [6.45, 7) is 0. The second kappa shape index (κ2) is 4.92. The van der Waals surface area contributed by atoms with Gasteiger partial charge in [-0.3, -0.25) is 5.10 Å². The number of nitriles is 1. The molecule has 15 heavy (non-hydrogen) atoms. The summed E-state index contributed by atoms with van der Waals surface area (Å²) in [5.74, 6) is 2.13. The molecule has 1 aromatic rings. The maximum atomic E-state index is 8.55. The Morgan fingerprint density at radius 2 is 2.00 bits per heavy atom. The maximum Gasteiger partial charge on any atom is 0.153 e. The molecular formula is C11H16N4. The summed E-state index contributed by atoms with van der Waals surface area (Å²) in [6, 6.07) is 2.08. The van der Waals surface area contributed by atoms with Crippen molar-refractivity contribution in [2.75, 3.05) is 0 Å². The Hall–Kier alpha value is -1.37. The van der Waals surface area contributed by atoms with Crippen molar-refractivity contribution in [3.63, 3.8) is 0 Å². The van der Waals surface area contributed by atoms with Gasteiger partial charge in [0.1, 0.15) is 5.82 Å². The van der Waals surface area contributed by atoms with E-state index in [0.717, 1.165) is 5.82 Å². The molecule has 1 heterocycles. The smallest absolute Gasteiger partial charge is 0.153 e. The van der Waals surface area contributed by atoms with Crippen LogP contribution in [0.1, 0.15) is 56.1 Å². The number of rotatable bonds is 2. The average Bonchev–Trinajstić information content (AvgIpc) is 2.53. The lowest BCUT2D eigenvalue weighted by atomic mass is 10.00. The standard InChI is InChI=1S/C11H16N4/c12-8-7-10-13-11(15-14-10)9-5-3-1-2-4-6-9/h9H,1-7H2,(H,13,14,15). The van der Waals surface area contributed by atoms with Gasteiger partial charge in [0.05, 0.1) is 12.5 Å². The molecule has 0 saturated heterocycles. The Morgan fingerprint density at radius 1 is 1.27 bits per heavy atom. The Labute approximate surface area is 89.7 Å². The van der Waals surface area contributed by atoms with Crippen LogP contribution < -0.4 is 0 Å². The molecule has 0 aromatic carbocycles. The first kappa shape index (κ1) is 10.2. The molecular weight excluding hydrogens is 188 g/mol. The Morgan fingerprint density at radius 3 is 2.67 bits per heavy atom. The predicted molar refractivity (Wildman–Crippen MR) is 56.1 cm³/mol. The van der Waals surface area contributed by atoms with Gasteiger partial charge in [0.15, 0.2) is 5.82 Å². The molecule has 0 bridgehead atoms. The summed E-state index contributed by atoms with van der Waals surface area (Å²) in [7, 11) is 0. The van der Waals surface area contributed by atoms with Gasteiger partial charge in [0.25, 0.3) is 0 Å². The van der Waals surface area contributed by atoms with Gasteiger partial charge in [0, 0.05) is 5.92 Å². The van der Waals surface area contributed by atoms with Gasteiger partial charge in [-0.25, -0.2) is 4.98 Å². The third-order valence-corrected chi connectivity index (χ3v) is 3.02. The minimum absolute atomic E-state index is 0.333. The lowest BCUT2D eigenvalue weighted by Crippen LogP contribution is -1.99. The molecule has 0 spiro atoms. The van der Waals surface area contributed by atoms with Crippen LogP contribution in [-0.4, -0.2) is 15.2 Å². The molecule has 80 valence electrons. The lowest BCUT2D eigenvalue weighted by molar-refractivity contribution is 0.562. The Bertz CT molecular complexity index is 342. The number of hydrogen-bond acceptors (Lipinski definition) is 3. The van der Waals surface area contributed by atoms with Gasteiger partial charge >= 0.3 is 0 Å². The summed E-state index contributed by atoms with van der Waals surface area (Å²) < 4.78 is 0. The van der Waals surface area contributed by atoms with E-state index in [1.807, 2.05) is 0 Å². The van der Waals surface area contributed by atoms with Gasteiger partial charge in [-0.15, -0.1) is 0 Å². The van der Waals surface area contributed by atoms with E-state index < -0.39 is 0 Å². The van der Waals surface area contributed by atoms with Crippen LogP contribution in [0.25, 0.3) is 0 Å². The first-order valence-electron chi connectivity index (χ1n) is 5.68. The summed E-state index contributed by atoms with van der Waals surface area (Å²) >= 11 is 0. The molecule has 1 fully saturated rings. The number of nitrogens with one attached hydrogen (secondary N) is 1. The topological polar surface area (TPSA) is 65.4 Å². The molecule has 0 amide bonds. The number of aromatic nitrogens is 3. The quantitative estimate of drug-likeness (QED) is 0.752. The van der Waals surface area contributed by atoms with Crippen molar-refractivity contribution in [1.82, 2.24) is 15.2 Å². The monoisotopic (exact) mass is 204 g/mol. The minimum atomic E-state index is 0.333. The van der Waals surface area contributed by atoms with Crippen molar-refractivity contribution in [2.45, 2.75) is 50.9 Å². The summed E-state index contributed by atoms with van der Waals surface area (Å²) in [5.41, 5.74) is 0. The first-order chi connectivity index (χ1) is 7.40. The van der Waals surface area contributed by atoms with Crippen molar-refractivity contribution < 1.29 is 0 Å². The molecule has 1 aromatic heterocycles. The number of hydrogen-bond donors (Lipinski definition) is 1. The fourth-order valence-corrected chi connectivity index (χ4v) is 2.18. The molecule has 1 saturated carbocycles. The van der Waals surface area contributed by atoms with Crippen molar-refractivity contribution in [3.8, 4) is 6.07 Å². The zero-order valence-corrected chi connectivity index (χ0v) is 8.87. The molecule has 1 N–H and O–H groups in total. The van der Waals surface area contributed by atoms with Crippen LogP contribution in [0, 0.1) is 11.3 Å². The molecule has 1 aliphatic rings. The fraction of sp³-hybridized carbons (Fsp3) is 0.727. The van der Waals surface area contributed by atoms with E-state index in [-0.39, 0.29) is 0 Å². The number of H-pyrrole nitrogens is 1. The van der Waals surface area contributed by atoms with Gasteiger partial charge in [-0.1, -0.05) is 25.7 Å². The van der Waals surface area contributed by atoms with E-state index in [4.69, 9.17) is 5.26 Å². The molecule has 0 unspecified atom stereocenters. The van der Waals surface area contributed by atoms with Crippen molar-refractivity contribution in [2.24, 2.45) is 0 Å². The minimum Gasteiger partial charge on any atom is -0.262 e. The van der Waals surface area contributed by atoms with E-state index in [0.29, 0.717) is 18.2 Å². The Balaban J connectivity index is 2.04. The van der Waals surface area contributed by atoms with Crippen LogP contribution in [0.5, 0.6) is 0 Å². The SMILES string of the molecule is N#CCc1nc(C2CCCCCC2)n[nH]1. The van der Waals surface area contributed by atoms with E-state index in [1.54, 1.807) is 0 Å². The number of aromatic amines is 1. The summed E-state index contributed by atoms with van der Waals surface area (Å²) in [5, 5.41) is 15.6. The first-order valence-corrected chi connectivity index (χ1v) is 5.68. The summed E-state index contributed by atoms with van der Waals surface area (Å²) in [6.07, 6.45) is 7.98. The van der Waals surface area contributed by atoms with E-state index in [9.17, 15) is 0 Å².